The molecule has 1 aliphatic heterocycles. The summed E-state index contributed by atoms with van der Waals surface area (Å²) in [5.41, 5.74) is 2.18. The zero-order valence-electron chi connectivity index (χ0n) is 14.6. The summed E-state index contributed by atoms with van der Waals surface area (Å²) < 4.78 is 28.3. The lowest BCUT2D eigenvalue weighted by Gasteiger charge is -2.30. The second-order valence-electron chi connectivity index (χ2n) is 6.16. The molecule has 1 amide bonds. The van der Waals surface area contributed by atoms with Crippen molar-refractivity contribution in [1.82, 2.24) is 0 Å². The van der Waals surface area contributed by atoms with Gasteiger partial charge < -0.3 is 9.64 Å². The summed E-state index contributed by atoms with van der Waals surface area (Å²) in [7, 11) is -2.08. The van der Waals surface area contributed by atoms with Crippen LogP contribution in [0.25, 0.3) is 0 Å². The first-order valence-electron chi connectivity index (χ1n) is 8.15. The van der Waals surface area contributed by atoms with Crippen molar-refractivity contribution in [3.05, 3.63) is 59.2 Å². The van der Waals surface area contributed by atoms with E-state index in [4.69, 9.17) is 4.74 Å². The first-order valence-corrected chi connectivity index (χ1v) is 10.0. The molecule has 0 aliphatic carbocycles. The van der Waals surface area contributed by atoms with E-state index in [0.29, 0.717) is 36.2 Å². The lowest BCUT2D eigenvalue weighted by molar-refractivity contribution is 0.0599. The van der Waals surface area contributed by atoms with Crippen LogP contribution in [-0.2, 0) is 21.0 Å². The topological polar surface area (TPSA) is 80.8 Å². The Morgan fingerprint density at radius 3 is 2.54 bits per heavy atom. The van der Waals surface area contributed by atoms with Crippen LogP contribution < -0.4 is 4.90 Å². The number of carbonyl (C=O) groups is 2. The minimum Gasteiger partial charge on any atom is -0.465 e. The van der Waals surface area contributed by atoms with E-state index in [1.165, 1.54) is 19.2 Å². The maximum atomic E-state index is 13.0. The number of fused-ring (bicyclic) bond motifs is 1. The maximum absolute atomic E-state index is 13.0. The van der Waals surface area contributed by atoms with Gasteiger partial charge in [-0.1, -0.05) is 12.1 Å². The second-order valence-corrected chi connectivity index (χ2v) is 8.17. The highest BCUT2D eigenvalue weighted by Gasteiger charge is 2.27. The van der Waals surface area contributed by atoms with E-state index < -0.39 is 15.8 Å². The van der Waals surface area contributed by atoms with E-state index in [9.17, 15) is 18.0 Å². The highest BCUT2D eigenvalue weighted by Crippen LogP contribution is 2.31. The van der Waals surface area contributed by atoms with Crippen molar-refractivity contribution in [3.8, 4) is 0 Å². The molecule has 2 aromatic carbocycles. The summed E-state index contributed by atoms with van der Waals surface area (Å²) in [5, 5.41) is 0. The van der Waals surface area contributed by atoms with E-state index in [-0.39, 0.29) is 10.8 Å². The molecule has 0 atom stereocenters. The van der Waals surface area contributed by atoms with Gasteiger partial charge in [0.05, 0.1) is 17.6 Å². The van der Waals surface area contributed by atoms with Gasteiger partial charge in [-0.15, -0.1) is 0 Å². The van der Waals surface area contributed by atoms with Crippen molar-refractivity contribution in [2.24, 2.45) is 0 Å². The van der Waals surface area contributed by atoms with Crippen LogP contribution in [0.3, 0.4) is 0 Å². The summed E-state index contributed by atoms with van der Waals surface area (Å²) in [6.07, 6.45) is 2.49. The van der Waals surface area contributed by atoms with Crippen molar-refractivity contribution < 1.29 is 22.7 Å². The Labute approximate surface area is 152 Å². The van der Waals surface area contributed by atoms with Crippen molar-refractivity contribution in [2.45, 2.75) is 17.7 Å². The molecule has 0 spiro atoms. The Morgan fingerprint density at radius 1 is 1.12 bits per heavy atom. The number of esters is 1. The van der Waals surface area contributed by atoms with E-state index in [1.54, 1.807) is 35.2 Å². The Balaban J connectivity index is 2.03. The molecule has 0 saturated carbocycles. The average molecular weight is 373 g/mol. The molecule has 0 unspecified atom stereocenters. The molecule has 1 heterocycles. The van der Waals surface area contributed by atoms with Crippen molar-refractivity contribution >= 4 is 27.4 Å². The van der Waals surface area contributed by atoms with Gasteiger partial charge in [0.1, 0.15) is 0 Å². The quantitative estimate of drug-likeness (QED) is 0.772. The highest BCUT2D eigenvalue weighted by molar-refractivity contribution is 7.90. The summed E-state index contributed by atoms with van der Waals surface area (Å²) >= 11 is 0. The third-order valence-electron chi connectivity index (χ3n) is 4.41. The largest absolute Gasteiger partial charge is 0.465 e. The number of carbonyl (C=O) groups excluding carboxylic acids is 2. The maximum Gasteiger partial charge on any atom is 0.338 e. The third kappa shape index (κ3) is 3.35. The molecule has 0 radical (unpaired) electrons. The monoisotopic (exact) mass is 373 g/mol. The Hall–Kier alpha value is -2.67. The molecular weight excluding hydrogens is 354 g/mol. The number of anilines is 1. The molecule has 3 rings (SSSR count). The van der Waals surface area contributed by atoms with E-state index >= 15 is 0 Å². The van der Waals surface area contributed by atoms with Crippen LogP contribution in [0.1, 0.15) is 32.7 Å². The lowest BCUT2D eigenvalue weighted by Crippen LogP contribution is -2.36. The summed E-state index contributed by atoms with van der Waals surface area (Å²) in [5.74, 6) is -0.728. The Morgan fingerprint density at radius 2 is 1.85 bits per heavy atom. The molecule has 136 valence electrons. The minimum absolute atomic E-state index is 0.101. The van der Waals surface area contributed by atoms with Gasteiger partial charge in [0.15, 0.2) is 9.84 Å². The first kappa shape index (κ1) is 18.1. The fourth-order valence-electron chi connectivity index (χ4n) is 3.15. The summed E-state index contributed by atoms with van der Waals surface area (Å²) in [6, 6.07) is 11.2. The van der Waals surface area contributed by atoms with Crippen LogP contribution in [0.5, 0.6) is 0 Å². The number of hydrogen-bond donors (Lipinski definition) is 0. The van der Waals surface area contributed by atoms with Gasteiger partial charge in [-0.05, 0) is 48.7 Å². The second kappa shape index (κ2) is 6.92. The number of sulfone groups is 1. The van der Waals surface area contributed by atoms with Crippen LogP contribution in [0, 0.1) is 0 Å². The van der Waals surface area contributed by atoms with Gasteiger partial charge in [0.25, 0.3) is 5.91 Å². The Bertz CT molecular complexity index is 981. The number of nitrogens with zero attached hydrogens (tertiary/aromatic N) is 1. The SMILES string of the molecule is COC(=O)c1cccc2c1CCCN2C(=O)c1cccc(S(C)(=O)=O)c1. The highest BCUT2D eigenvalue weighted by atomic mass is 32.2. The van der Waals surface area contributed by atoms with Gasteiger partial charge in [-0.25, -0.2) is 13.2 Å². The number of hydrogen-bond acceptors (Lipinski definition) is 5. The number of methoxy groups -OCH3 is 1. The van der Waals surface area contributed by atoms with Crippen molar-refractivity contribution in [1.29, 1.82) is 0 Å². The van der Waals surface area contributed by atoms with Crippen LogP contribution in [-0.4, -0.2) is 40.2 Å². The van der Waals surface area contributed by atoms with Gasteiger partial charge in [0.2, 0.25) is 0 Å². The zero-order valence-corrected chi connectivity index (χ0v) is 15.4. The lowest BCUT2D eigenvalue weighted by atomic mass is 9.95. The zero-order chi connectivity index (χ0) is 18.9. The molecule has 0 saturated heterocycles. The average Bonchev–Trinajstić information content (AvgIpc) is 2.65. The van der Waals surface area contributed by atoms with Gasteiger partial charge in [-0.3, -0.25) is 4.79 Å². The van der Waals surface area contributed by atoms with Crippen LogP contribution in [0.4, 0.5) is 5.69 Å². The molecule has 2 aromatic rings. The molecule has 1 aliphatic rings. The molecule has 0 bridgehead atoms. The molecule has 7 heteroatoms. The number of amides is 1. The molecule has 26 heavy (non-hydrogen) atoms. The van der Waals surface area contributed by atoms with Gasteiger partial charge >= 0.3 is 5.97 Å². The fourth-order valence-corrected chi connectivity index (χ4v) is 3.82. The van der Waals surface area contributed by atoms with Crippen LogP contribution >= 0.6 is 0 Å². The fraction of sp³-hybridized carbons (Fsp3) is 0.263. The molecule has 0 fully saturated rings. The molecule has 0 aromatic heterocycles. The molecular formula is C19H19NO5S. The smallest absolute Gasteiger partial charge is 0.338 e. The normalized spacial score (nSPS) is 13.8. The van der Waals surface area contributed by atoms with E-state index in [1.807, 2.05) is 0 Å². The molecule has 0 N–H and O–H groups in total. The summed E-state index contributed by atoms with van der Waals surface area (Å²) in [6.45, 7) is 0.500. The minimum atomic E-state index is -3.40. The van der Waals surface area contributed by atoms with Crippen molar-refractivity contribution in [2.75, 3.05) is 24.8 Å². The first-order chi connectivity index (χ1) is 12.3. The standard InChI is InChI=1S/C19H19NO5S/c1-25-19(22)16-8-4-10-17-15(16)9-5-11-20(17)18(21)13-6-3-7-14(12-13)26(2,23)24/h3-4,6-8,10,12H,5,9,11H2,1-2H3. The number of benzene rings is 2. The number of ether oxygens (including phenoxy) is 1. The van der Waals surface area contributed by atoms with Gasteiger partial charge in [-0.2, -0.15) is 0 Å². The number of rotatable bonds is 3. The Kier molecular flexibility index (Phi) is 4.82. The predicted molar refractivity (Wildman–Crippen MR) is 97.3 cm³/mol. The third-order valence-corrected chi connectivity index (χ3v) is 5.52. The van der Waals surface area contributed by atoms with Crippen LogP contribution in [0.2, 0.25) is 0 Å². The predicted octanol–water partition coefficient (Wildman–Crippen LogP) is 2.47. The summed E-state index contributed by atoms with van der Waals surface area (Å²) in [4.78, 5) is 26.7. The van der Waals surface area contributed by atoms with E-state index in [2.05, 4.69) is 0 Å². The van der Waals surface area contributed by atoms with Gasteiger partial charge in [0, 0.05) is 24.1 Å². The van der Waals surface area contributed by atoms with E-state index in [0.717, 1.165) is 11.8 Å². The van der Waals surface area contributed by atoms with Crippen LogP contribution in [0.15, 0.2) is 47.4 Å². The van der Waals surface area contributed by atoms with Crippen molar-refractivity contribution in [3.63, 3.8) is 0 Å². The molecule has 6 nitrogen and oxygen atoms in total.